The molecule has 0 aliphatic carbocycles. The number of anilines is 3. The fourth-order valence-corrected chi connectivity index (χ4v) is 4.89. The van der Waals surface area contributed by atoms with Gasteiger partial charge in [-0.25, -0.2) is 0 Å². The van der Waals surface area contributed by atoms with Crippen LogP contribution in [-0.2, 0) is 0 Å². The summed E-state index contributed by atoms with van der Waals surface area (Å²) in [7, 11) is 0. The lowest BCUT2D eigenvalue weighted by Crippen LogP contribution is -2.14. The zero-order chi connectivity index (χ0) is 19.8. The van der Waals surface area contributed by atoms with Crippen molar-refractivity contribution in [3.8, 4) is 17.2 Å². The molecule has 0 spiro atoms. The molecule has 29 heavy (non-hydrogen) atoms. The van der Waals surface area contributed by atoms with Gasteiger partial charge in [0, 0.05) is 15.5 Å². The predicted octanol–water partition coefficient (Wildman–Crippen LogP) is 7.47. The second kappa shape index (κ2) is 7.16. The molecule has 3 heteroatoms. The minimum Gasteiger partial charge on any atom is -0.308 e. The minimum absolute atomic E-state index is 0.696. The Morgan fingerprint density at radius 2 is 1.38 bits per heavy atom. The van der Waals surface area contributed by atoms with Crippen molar-refractivity contribution in [3.63, 3.8) is 0 Å². The predicted molar refractivity (Wildman–Crippen MR) is 120 cm³/mol. The van der Waals surface area contributed by atoms with Crippen LogP contribution in [0.2, 0.25) is 0 Å². The Labute approximate surface area is 175 Å². The van der Waals surface area contributed by atoms with Crippen LogP contribution in [0, 0.1) is 18.3 Å². The quantitative estimate of drug-likeness (QED) is 0.313. The van der Waals surface area contributed by atoms with Gasteiger partial charge in [-0.3, -0.25) is 0 Å². The van der Waals surface area contributed by atoms with Gasteiger partial charge in [0.2, 0.25) is 0 Å². The second-order valence-electron chi connectivity index (χ2n) is 7.06. The molecular formula is C26H18N2S. The highest BCUT2D eigenvalue weighted by molar-refractivity contribution is 7.99. The zero-order valence-electron chi connectivity index (χ0n) is 16.0. The van der Waals surface area contributed by atoms with E-state index in [1.807, 2.05) is 30.0 Å². The van der Waals surface area contributed by atoms with Crippen molar-refractivity contribution in [1.29, 1.82) is 5.26 Å². The molecule has 1 aliphatic rings. The zero-order valence-corrected chi connectivity index (χ0v) is 16.8. The maximum absolute atomic E-state index is 9.11. The van der Waals surface area contributed by atoms with E-state index in [2.05, 4.69) is 90.7 Å². The maximum atomic E-state index is 9.11. The summed E-state index contributed by atoms with van der Waals surface area (Å²) < 4.78 is 0. The lowest BCUT2D eigenvalue weighted by Gasteiger charge is -2.32. The summed E-state index contributed by atoms with van der Waals surface area (Å²) in [5.41, 5.74) is 7.68. The van der Waals surface area contributed by atoms with Crippen molar-refractivity contribution in [2.45, 2.75) is 16.7 Å². The molecule has 4 aromatic carbocycles. The number of aryl methyl sites for hydroxylation is 1. The lowest BCUT2D eigenvalue weighted by molar-refractivity contribution is 1.17. The van der Waals surface area contributed by atoms with Crippen molar-refractivity contribution in [2.75, 3.05) is 4.90 Å². The molecule has 5 rings (SSSR count). The largest absolute Gasteiger partial charge is 0.308 e. The van der Waals surface area contributed by atoms with E-state index in [-0.39, 0.29) is 0 Å². The van der Waals surface area contributed by atoms with Crippen LogP contribution < -0.4 is 4.90 Å². The van der Waals surface area contributed by atoms with Crippen LogP contribution in [0.4, 0.5) is 17.1 Å². The Bertz CT molecular complexity index is 1210. The Morgan fingerprint density at radius 1 is 0.759 bits per heavy atom. The SMILES string of the molecule is Cc1cc(C#N)ccc1-c1ccc(N2c3ccccc3Sc3ccccc32)cc1. The summed E-state index contributed by atoms with van der Waals surface area (Å²) >= 11 is 1.82. The molecule has 0 saturated heterocycles. The first-order valence-corrected chi connectivity index (χ1v) is 10.3. The fourth-order valence-electron chi connectivity index (χ4n) is 3.83. The van der Waals surface area contributed by atoms with E-state index in [1.54, 1.807) is 0 Å². The van der Waals surface area contributed by atoms with E-state index < -0.39 is 0 Å². The van der Waals surface area contributed by atoms with E-state index in [9.17, 15) is 0 Å². The monoisotopic (exact) mass is 390 g/mol. The molecule has 0 unspecified atom stereocenters. The molecule has 0 bridgehead atoms. The van der Waals surface area contributed by atoms with Crippen molar-refractivity contribution in [2.24, 2.45) is 0 Å². The van der Waals surface area contributed by atoms with Crippen molar-refractivity contribution < 1.29 is 0 Å². The minimum atomic E-state index is 0.696. The Morgan fingerprint density at radius 3 is 1.97 bits per heavy atom. The molecule has 0 saturated carbocycles. The highest BCUT2D eigenvalue weighted by Gasteiger charge is 2.24. The molecule has 1 heterocycles. The van der Waals surface area contributed by atoms with Gasteiger partial charge in [-0.1, -0.05) is 54.2 Å². The van der Waals surface area contributed by atoms with Gasteiger partial charge in [0.15, 0.2) is 0 Å². The Kier molecular flexibility index (Phi) is 4.35. The number of nitriles is 1. The van der Waals surface area contributed by atoms with Crippen LogP contribution in [0.25, 0.3) is 11.1 Å². The third-order valence-corrected chi connectivity index (χ3v) is 6.35. The topological polar surface area (TPSA) is 27.0 Å². The number of nitrogens with zero attached hydrogens (tertiary/aromatic N) is 2. The highest BCUT2D eigenvalue weighted by atomic mass is 32.2. The molecule has 0 N–H and O–H groups in total. The van der Waals surface area contributed by atoms with Crippen LogP contribution >= 0.6 is 11.8 Å². The number of para-hydroxylation sites is 2. The summed E-state index contributed by atoms with van der Waals surface area (Å²) in [6.07, 6.45) is 0. The molecule has 1 aliphatic heterocycles. The third-order valence-electron chi connectivity index (χ3n) is 5.22. The molecule has 0 atom stereocenters. The molecule has 0 radical (unpaired) electrons. The standard InChI is InChI=1S/C26H18N2S/c1-18-16-19(17-27)10-15-22(18)20-11-13-21(14-12-20)28-23-6-2-4-8-25(23)29-26-9-5-3-7-24(26)28/h2-16H,1H3. The maximum Gasteiger partial charge on any atom is 0.0991 e. The normalized spacial score (nSPS) is 12.1. The molecule has 138 valence electrons. The van der Waals surface area contributed by atoms with Crippen molar-refractivity contribution in [1.82, 2.24) is 0 Å². The molecule has 0 fully saturated rings. The van der Waals surface area contributed by atoms with Crippen LogP contribution in [0.15, 0.2) is 101 Å². The molecule has 0 amide bonds. The molecule has 4 aromatic rings. The molecule has 0 aromatic heterocycles. The van der Waals surface area contributed by atoms with Gasteiger partial charge in [0.25, 0.3) is 0 Å². The highest BCUT2D eigenvalue weighted by Crippen LogP contribution is 2.51. The number of hydrogen-bond donors (Lipinski definition) is 0. The van der Waals surface area contributed by atoms with Gasteiger partial charge >= 0.3 is 0 Å². The second-order valence-corrected chi connectivity index (χ2v) is 8.15. The average Bonchev–Trinajstić information content (AvgIpc) is 2.77. The number of fused-ring (bicyclic) bond motifs is 2. The fraction of sp³-hybridized carbons (Fsp3) is 0.0385. The van der Waals surface area contributed by atoms with Crippen LogP contribution in [0.5, 0.6) is 0 Å². The Balaban J connectivity index is 1.59. The summed E-state index contributed by atoms with van der Waals surface area (Å²) in [5, 5.41) is 9.11. The average molecular weight is 391 g/mol. The summed E-state index contributed by atoms with van der Waals surface area (Å²) in [5.74, 6) is 0. The van der Waals surface area contributed by atoms with E-state index in [1.165, 1.54) is 21.2 Å². The smallest absolute Gasteiger partial charge is 0.0991 e. The lowest BCUT2D eigenvalue weighted by atomic mass is 9.98. The summed E-state index contributed by atoms with van der Waals surface area (Å²) in [4.78, 5) is 4.85. The van der Waals surface area contributed by atoms with E-state index in [0.29, 0.717) is 5.56 Å². The van der Waals surface area contributed by atoms with Crippen molar-refractivity contribution in [3.05, 3.63) is 102 Å². The van der Waals surface area contributed by atoms with E-state index in [0.717, 1.165) is 22.4 Å². The van der Waals surface area contributed by atoms with Crippen LogP contribution in [0.1, 0.15) is 11.1 Å². The van der Waals surface area contributed by atoms with Gasteiger partial charge in [-0.2, -0.15) is 5.26 Å². The van der Waals surface area contributed by atoms with Gasteiger partial charge in [-0.05, 0) is 72.1 Å². The molecular weight excluding hydrogens is 372 g/mol. The van der Waals surface area contributed by atoms with Crippen molar-refractivity contribution >= 4 is 28.8 Å². The van der Waals surface area contributed by atoms with Gasteiger partial charge < -0.3 is 4.90 Å². The van der Waals surface area contributed by atoms with E-state index in [4.69, 9.17) is 5.26 Å². The van der Waals surface area contributed by atoms with Gasteiger partial charge in [0.05, 0.1) is 23.0 Å². The van der Waals surface area contributed by atoms with E-state index >= 15 is 0 Å². The molecule has 2 nitrogen and oxygen atoms in total. The Hall–Kier alpha value is -3.48. The summed E-state index contributed by atoms with van der Waals surface area (Å²) in [6, 6.07) is 33.8. The van der Waals surface area contributed by atoms with Crippen LogP contribution in [-0.4, -0.2) is 0 Å². The van der Waals surface area contributed by atoms with Gasteiger partial charge in [-0.15, -0.1) is 0 Å². The first kappa shape index (κ1) is 17.6. The summed E-state index contributed by atoms with van der Waals surface area (Å²) in [6.45, 7) is 2.05. The van der Waals surface area contributed by atoms with Gasteiger partial charge in [0.1, 0.15) is 0 Å². The number of rotatable bonds is 2. The first-order chi connectivity index (χ1) is 14.2. The van der Waals surface area contributed by atoms with Crippen LogP contribution in [0.3, 0.4) is 0 Å². The first-order valence-electron chi connectivity index (χ1n) is 9.52. The third kappa shape index (κ3) is 3.08. The number of hydrogen-bond acceptors (Lipinski definition) is 3. The number of benzene rings is 4.